The topological polar surface area (TPSA) is 72.4 Å². The molecule has 1 atom stereocenters. The van der Waals surface area contributed by atoms with Crippen molar-refractivity contribution in [2.75, 3.05) is 13.1 Å². The molecule has 3 heterocycles. The Morgan fingerprint density at radius 3 is 2.82 bits per heavy atom. The maximum absolute atomic E-state index is 14.0. The fourth-order valence-corrected chi connectivity index (χ4v) is 4.21. The predicted molar refractivity (Wildman–Crippen MR) is 121 cm³/mol. The lowest BCUT2D eigenvalue weighted by Crippen LogP contribution is -2.39. The predicted octanol–water partition coefficient (Wildman–Crippen LogP) is 5.73. The molecule has 1 fully saturated rings. The Hall–Kier alpha value is -3.45. The lowest BCUT2D eigenvalue weighted by Gasteiger charge is -2.30. The number of rotatable bonds is 5. The third kappa shape index (κ3) is 4.68. The molecular formula is C25H21ClFN3O3. The molecule has 1 aliphatic rings. The van der Waals surface area contributed by atoms with Crippen molar-refractivity contribution in [3.63, 3.8) is 0 Å². The van der Waals surface area contributed by atoms with Crippen molar-refractivity contribution < 1.29 is 18.1 Å². The zero-order valence-corrected chi connectivity index (χ0v) is 18.5. The summed E-state index contributed by atoms with van der Waals surface area (Å²) in [5.74, 6) is 0.783. The standard InChI is InChI=1S/C25H21ClFN3O3/c26-18-9-7-16(8-10-18)12-19-14-28-24(32-19)17-4-3-11-30(15-17)25(31)23-13-22(29-33-23)20-5-1-2-6-21(20)27/h1-2,5-10,13-14,17H,3-4,11-12,15H2. The van der Waals surface area contributed by atoms with Gasteiger partial charge in [-0.1, -0.05) is 41.0 Å². The van der Waals surface area contributed by atoms with Gasteiger partial charge in [0.25, 0.3) is 5.91 Å². The molecule has 0 radical (unpaired) electrons. The van der Waals surface area contributed by atoms with E-state index in [1.165, 1.54) is 12.1 Å². The monoisotopic (exact) mass is 465 g/mol. The number of carbonyl (C=O) groups is 1. The van der Waals surface area contributed by atoms with Gasteiger partial charge in [0.05, 0.1) is 12.1 Å². The van der Waals surface area contributed by atoms with Crippen LogP contribution >= 0.6 is 11.6 Å². The second-order valence-corrected chi connectivity index (χ2v) is 8.55. The van der Waals surface area contributed by atoms with Gasteiger partial charge in [-0.15, -0.1) is 0 Å². The molecule has 168 valence electrons. The number of nitrogens with zero attached hydrogens (tertiary/aromatic N) is 3. The molecule has 0 N–H and O–H groups in total. The van der Waals surface area contributed by atoms with Crippen molar-refractivity contribution >= 4 is 17.5 Å². The van der Waals surface area contributed by atoms with Crippen LogP contribution in [-0.2, 0) is 6.42 Å². The van der Waals surface area contributed by atoms with Crippen LogP contribution in [0.3, 0.4) is 0 Å². The summed E-state index contributed by atoms with van der Waals surface area (Å²) in [5.41, 5.74) is 1.67. The van der Waals surface area contributed by atoms with Gasteiger partial charge in [-0.05, 0) is 42.7 Å². The molecule has 0 spiro atoms. The molecule has 1 amide bonds. The van der Waals surface area contributed by atoms with Gasteiger partial charge in [0.1, 0.15) is 17.3 Å². The van der Waals surface area contributed by atoms with Gasteiger partial charge in [-0.3, -0.25) is 4.79 Å². The third-order valence-electron chi connectivity index (χ3n) is 5.79. The van der Waals surface area contributed by atoms with Gasteiger partial charge < -0.3 is 13.8 Å². The Balaban J connectivity index is 1.26. The zero-order chi connectivity index (χ0) is 22.8. The van der Waals surface area contributed by atoms with Crippen LogP contribution in [0.25, 0.3) is 11.3 Å². The van der Waals surface area contributed by atoms with Crippen molar-refractivity contribution in [2.45, 2.75) is 25.2 Å². The van der Waals surface area contributed by atoms with Crippen LogP contribution in [0.5, 0.6) is 0 Å². The number of amides is 1. The Bertz CT molecular complexity index is 1270. The van der Waals surface area contributed by atoms with Crippen molar-refractivity contribution in [1.29, 1.82) is 0 Å². The first-order valence-electron chi connectivity index (χ1n) is 10.8. The Morgan fingerprint density at radius 2 is 2.00 bits per heavy atom. The summed E-state index contributed by atoms with van der Waals surface area (Å²) in [4.78, 5) is 19.2. The molecular weight excluding hydrogens is 445 g/mol. The Morgan fingerprint density at radius 1 is 1.18 bits per heavy atom. The number of piperidine rings is 1. The zero-order valence-electron chi connectivity index (χ0n) is 17.7. The third-order valence-corrected chi connectivity index (χ3v) is 6.04. The first-order valence-corrected chi connectivity index (χ1v) is 11.1. The van der Waals surface area contributed by atoms with Crippen LogP contribution in [0.15, 0.2) is 69.7 Å². The minimum absolute atomic E-state index is 0.00405. The molecule has 2 aromatic heterocycles. The Kier molecular flexibility index (Phi) is 5.96. The molecule has 0 bridgehead atoms. The number of halogens is 2. The number of carbonyl (C=O) groups excluding carboxylic acids is 1. The van der Waals surface area contributed by atoms with Crippen LogP contribution in [0.4, 0.5) is 4.39 Å². The van der Waals surface area contributed by atoms with E-state index in [2.05, 4.69) is 10.1 Å². The van der Waals surface area contributed by atoms with Crippen LogP contribution < -0.4 is 0 Å². The molecule has 1 unspecified atom stereocenters. The highest BCUT2D eigenvalue weighted by molar-refractivity contribution is 6.30. The van der Waals surface area contributed by atoms with E-state index in [0.29, 0.717) is 41.7 Å². The molecule has 0 saturated carbocycles. The number of hydrogen-bond acceptors (Lipinski definition) is 5. The summed E-state index contributed by atoms with van der Waals surface area (Å²) < 4.78 is 25.3. The lowest BCUT2D eigenvalue weighted by atomic mass is 9.97. The van der Waals surface area contributed by atoms with Gasteiger partial charge in [0.15, 0.2) is 5.89 Å². The van der Waals surface area contributed by atoms with E-state index in [0.717, 1.165) is 24.2 Å². The number of oxazole rings is 1. The maximum Gasteiger partial charge on any atom is 0.292 e. The first-order chi connectivity index (χ1) is 16.1. The summed E-state index contributed by atoms with van der Waals surface area (Å²) in [7, 11) is 0. The SMILES string of the molecule is O=C(c1cc(-c2ccccc2F)no1)N1CCCC(c2ncc(Cc3ccc(Cl)cc3)o2)C1. The van der Waals surface area contributed by atoms with Crippen LogP contribution in [0.2, 0.25) is 5.02 Å². The average molecular weight is 466 g/mol. The van der Waals surface area contributed by atoms with E-state index in [9.17, 15) is 9.18 Å². The van der Waals surface area contributed by atoms with Crippen molar-refractivity contribution in [1.82, 2.24) is 15.0 Å². The van der Waals surface area contributed by atoms with Gasteiger partial charge in [0.2, 0.25) is 5.76 Å². The van der Waals surface area contributed by atoms with E-state index in [1.807, 2.05) is 24.3 Å². The van der Waals surface area contributed by atoms with Gasteiger partial charge in [-0.2, -0.15) is 0 Å². The molecule has 2 aromatic carbocycles. The number of likely N-dealkylation sites (tertiary alicyclic amines) is 1. The minimum Gasteiger partial charge on any atom is -0.445 e. The highest BCUT2D eigenvalue weighted by Crippen LogP contribution is 2.29. The number of hydrogen-bond donors (Lipinski definition) is 0. The van der Waals surface area contributed by atoms with Crippen molar-refractivity contribution in [3.8, 4) is 11.3 Å². The maximum atomic E-state index is 14.0. The smallest absolute Gasteiger partial charge is 0.292 e. The molecule has 33 heavy (non-hydrogen) atoms. The number of aromatic nitrogens is 2. The minimum atomic E-state index is -0.416. The highest BCUT2D eigenvalue weighted by Gasteiger charge is 2.30. The fourth-order valence-electron chi connectivity index (χ4n) is 4.09. The molecule has 8 heteroatoms. The molecule has 1 aliphatic heterocycles. The van der Waals surface area contributed by atoms with E-state index in [-0.39, 0.29) is 17.6 Å². The second kappa shape index (κ2) is 9.19. The molecule has 6 nitrogen and oxygen atoms in total. The average Bonchev–Trinajstić information content (AvgIpc) is 3.51. The van der Waals surface area contributed by atoms with Gasteiger partial charge in [0, 0.05) is 36.2 Å². The molecule has 0 aliphatic carbocycles. The largest absolute Gasteiger partial charge is 0.445 e. The van der Waals surface area contributed by atoms with E-state index >= 15 is 0 Å². The van der Waals surface area contributed by atoms with Crippen molar-refractivity contribution in [3.05, 3.63) is 94.6 Å². The highest BCUT2D eigenvalue weighted by atomic mass is 35.5. The van der Waals surface area contributed by atoms with Crippen LogP contribution in [0.1, 0.15) is 46.5 Å². The van der Waals surface area contributed by atoms with Crippen LogP contribution in [-0.4, -0.2) is 34.0 Å². The first kappa shape index (κ1) is 21.4. The quantitative estimate of drug-likeness (QED) is 0.376. The van der Waals surface area contributed by atoms with E-state index < -0.39 is 5.82 Å². The van der Waals surface area contributed by atoms with Gasteiger partial charge in [-0.25, -0.2) is 9.37 Å². The second-order valence-electron chi connectivity index (χ2n) is 8.11. The van der Waals surface area contributed by atoms with Gasteiger partial charge >= 0.3 is 0 Å². The molecule has 4 aromatic rings. The summed E-state index contributed by atoms with van der Waals surface area (Å²) in [6.07, 6.45) is 4.05. The summed E-state index contributed by atoms with van der Waals surface area (Å²) in [6, 6.07) is 15.3. The van der Waals surface area contributed by atoms with E-state index in [1.54, 1.807) is 29.3 Å². The fraction of sp³-hybridized carbons (Fsp3) is 0.240. The summed E-state index contributed by atoms with van der Waals surface area (Å²) in [6.45, 7) is 1.07. The van der Waals surface area contributed by atoms with Crippen LogP contribution in [0, 0.1) is 5.82 Å². The lowest BCUT2D eigenvalue weighted by molar-refractivity contribution is 0.0656. The summed E-state index contributed by atoms with van der Waals surface area (Å²) in [5, 5.41) is 4.58. The molecule has 5 rings (SSSR count). The number of benzene rings is 2. The molecule has 1 saturated heterocycles. The van der Waals surface area contributed by atoms with E-state index in [4.69, 9.17) is 20.5 Å². The normalized spacial score (nSPS) is 16.2. The van der Waals surface area contributed by atoms with Crippen molar-refractivity contribution in [2.24, 2.45) is 0 Å². The Labute approximate surface area is 195 Å². The summed E-state index contributed by atoms with van der Waals surface area (Å²) >= 11 is 5.95.